The van der Waals surface area contributed by atoms with Gasteiger partial charge in [-0.25, -0.2) is 4.39 Å². The second-order valence-electron chi connectivity index (χ2n) is 4.42. The number of nitrogens with zero attached hydrogens (tertiary/aromatic N) is 3. The van der Waals surface area contributed by atoms with Gasteiger partial charge in [0.25, 0.3) is 0 Å². The normalized spacial score (nSPS) is 12.5. The minimum atomic E-state index is -0.328. The number of hydrogen-bond acceptors (Lipinski definition) is 4. The Kier molecular flexibility index (Phi) is 3.35. The lowest BCUT2D eigenvalue weighted by Crippen LogP contribution is -2.19. The number of pyridine rings is 1. The molecule has 3 rings (SSSR count). The second kappa shape index (κ2) is 5.30. The van der Waals surface area contributed by atoms with Crippen LogP contribution < -0.4 is 5.32 Å². The van der Waals surface area contributed by atoms with Crippen molar-refractivity contribution in [2.75, 3.05) is 7.05 Å². The van der Waals surface area contributed by atoms with Gasteiger partial charge in [0.15, 0.2) is 0 Å². The van der Waals surface area contributed by atoms with Crippen molar-refractivity contribution in [1.29, 1.82) is 0 Å². The Labute approximate surface area is 115 Å². The summed E-state index contributed by atoms with van der Waals surface area (Å²) >= 11 is 0. The Balaban J connectivity index is 2.10. The molecule has 2 aromatic heterocycles. The average Bonchev–Trinajstić information content (AvgIpc) is 2.50. The Morgan fingerprint density at radius 1 is 1.05 bits per heavy atom. The molecule has 5 heteroatoms. The quantitative estimate of drug-likeness (QED) is 0.793. The zero-order valence-electron chi connectivity index (χ0n) is 10.9. The number of benzene rings is 1. The van der Waals surface area contributed by atoms with Crippen molar-refractivity contribution in [3.05, 3.63) is 66.0 Å². The van der Waals surface area contributed by atoms with E-state index in [2.05, 4.69) is 20.3 Å². The number of rotatable bonds is 3. The molecule has 1 atom stereocenters. The number of nitrogens with one attached hydrogen (secondary N) is 1. The molecule has 3 aromatic rings. The van der Waals surface area contributed by atoms with Crippen LogP contribution in [0, 0.1) is 5.82 Å². The highest BCUT2D eigenvalue weighted by Gasteiger charge is 2.16. The molecule has 0 aliphatic rings. The molecule has 0 saturated heterocycles. The molecule has 1 N–H and O–H groups in total. The number of halogens is 1. The van der Waals surface area contributed by atoms with Gasteiger partial charge in [-0.05, 0) is 30.8 Å². The van der Waals surface area contributed by atoms with E-state index in [1.54, 1.807) is 31.7 Å². The van der Waals surface area contributed by atoms with Crippen molar-refractivity contribution < 1.29 is 4.39 Å². The van der Waals surface area contributed by atoms with Crippen molar-refractivity contribution in [2.24, 2.45) is 0 Å². The summed E-state index contributed by atoms with van der Waals surface area (Å²) in [6, 6.07) is 7.17. The van der Waals surface area contributed by atoms with Gasteiger partial charge in [-0.2, -0.15) is 0 Å². The van der Waals surface area contributed by atoms with E-state index in [-0.39, 0.29) is 11.9 Å². The van der Waals surface area contributed by atoms with Gasteiger partial charge in [-0.15, -0.1) is 0 Å². The lowest BCUT2D eigenvalue weighted by molar-refractivity contribution is 0.571. The maximum atomic E-state index is 13.9. The molecule has 1 aromatic carbocycles. The maximum absolute atomic E-state index is 13.9. The highest BCUT2D eigenvalue weighted by atomic mass is 19.1. The lowest BCUT2D eigenvalue weighted by Gasteiger charge is -2.17. The predicted octanol–water partition coefficient (Wildman–Crippen LogP) is 2.47. The van der Waals surface area contributed by atoms with Crippen LogP contribution in [-0.4, -0.2) is 22.0 Å². The number of hydrogen-bond donors (Lipinski definition) is 1. The van der Waals surface area contributed by atoms with E-state index in [0.29, 0.717) is 5.56 Å². The van der Waals surface area contributed by atoms with Crippen LogP contribution in [0.3, 0.4) is 0 Å². The van der Waals surface area contributed by atoms with Crippen LogP contribution in [0.5, 0.6) is 0 Å². The van der Waals surface area contributed by atoms with Crippen LogP contribution in [0.25, 0.3) is 11.0 Å². The van der Waals surface area contributed by atoms with Crippen LogP contribution >= 0.6 is 0 Å². The largest absolute Gasteiger partial charge is 0.309 e. The molecule has 0 fully saturated rings. The number of aromatic nitrogens is 3. The van der Waals surface area contributed by atoms with Gasteiger partial charge in [0, 0.05) is 24.2 Å². The van der Waals surface area contributed by atoms with E-state index in [4.69, 9.17) is 0 Å². The van der Waals surface area contributed by atoms with Gasteiger partial charge >= 0.3 is 0 Å². The molecule has 0 amide bonds. The van der Waals surface area contributed by atoms with Crippen molar-refractivity contribution in [3.63, 3.8) is 0 Å². The summed E-state index contributed by atoms with van der Waals surface area (Å²) in [6.45, 7) is 0. The summed E-state index contributed by atoms with van der Waals surface area (Å²) in [4.78, 5) is 12.3. The van der Waals surface area contributed by atoms with Crippen LogP contribution in [0.2, 0.25) is 0 Å². The van der Waals surface area contributed by atoms with Crippen LogP contribution in [0.1, 0.15) is 17.2 Å². The molecule has 2 heterocycles. The fourth-order valence-corrected chi connectivity index (χ4v) is 2.28. The zero-order valence-corrected chi connectivity index (χ0v) is 10.9. The molecule has 0 bridgehead atoms. The smallest absolute Gasteiger partial charge is 0.146 e. The van der Waals surface area contributed by atoms with Gasteiger partial charge in [-0.1, -0.05) is 6.07 Å². The van der Waals surface area contributed by atoms with Crippen LogP contribution in [-0.2, 0) is 0 Å². The van der Waals surface area contributed by atoms with E-state index in [1.807, 2.05) is 18.2 Å². The Morgan fingerprint density at radius 3 is 2.60 bits per heavy atom. The Hall–Kier alpha value is -2.40. The molecule has 0 spiro atoms. The van der Waals surface area contributed by atoms with Crippen molar-refractivity contribution in [1.82, 2.24) is 20.3 Å². The third kappa shape index (κ3) is 2.23. The average molecular weight is 268 g/mol. The van der Waals surface area contributed by atoms with Gasteiger partial charge in [0.2, 0.25) is 0 Å². The van der Waals surface area contributed by atoms with E-state index < -0.39 is 0 Å². The molecule has 0 saturated carbocycles. The van der Waals surface area contributed by atoms with Crippen molar-refractivity contribution >= 4 is 11.0 Å². The summed E-state index contributed by atoms with van der Waals surface area (Å²) in [6.07, 6.45) is 6.11. The standard InChI is InChI=1S/C15H13FN4/c1-17-15(11-4-5-18-9-12(11)16)10-2-3-13-14(8-10)20-7-6-19-13/h2-9,15,17H,1H3. The maximum Gasteiger partial charge on any atom is 0.146 e. The van der Waals surface area contributed by atoms with E-state index in [0.717, 1.165) is 16.6 Å². The Morgan fingerprint density at radius 2 is 1.85 bits per heavy atom. The second-order valence-corrected chi connectivity index (χ2v) is 4.42. The fourth-order valence-electron chi connectivity index (χ4n) is 2.28. The molecule has 4 nitrogen and oxygen atoms in total. The highest BCUT2D eigenvalue weighted by molar-refractivity contribution is 5.74. The minimum Gasteiger partial charge on any atom is -0.309 e. The zero-order chi connectivity index (χ0) is 13.9. The molecule has 0 radical (unpaired) electrons. The predicted molar refractivity (Wildman–Crippen MR) is 74.6 cm³/mol. The molecule has 100 valence electrons. The third-order valence-corrected chi connectivity index (χ3v) is 3.23. The molecule has 1 unspecified atom stereocenters. The summed E-state index contributed by atoms with van der Waals surface area (Å²) in [5, 5.41) is 3.12. The first-order chi connectivity index (χ1) is 9.79. The minimum absolute atomic E-state index is 0.246. The lowest BCUT2D eigenvalue weighted by atomic mass is 9.99. The first kappa shape index (κ1) is 12.6. The molecule has 20 heavy (non-hydrogen) atoms. The molecular formula is C15H13FN4. The Bertz CT molecular complexity index is 745. The molecule has 0 aliphatic carbocycles. The van der Waals surface area contributed by atoms with Crippen molar-refractivity contribution in [3.8, 4) is 0 Å². The topological polar surface area (TPSA) is 50.7 Å². The van der Waals surface area contributed by atoms with Crippen LogP contribution in [0.4, 0.5) is 4.39 Å². The first-order valence-electron chi connectivity index (χ1n) is 6.27. The monoisotopic (exact) mass is 268 g/mol. The summed E-state index contributed by atoms with van der Waals surface area (Å²) in [5.41, 5.74) is 3.11. The van der Waals surface area contributed by atoms with Gasteiger partial charge in [0.05, 0.1) is 23.3 Å². The summed E-state index contributed by atoms with van der Waals surface area (Å²) in [7, 11) is 1.80. The molecular weight excluding hydrogens is 255 g/mol. The van der Waals surface area contributed by atoms with E-state index in [9.17, 15) is 4.39 Å². The van der Waals surface area contributed by atoms with E-state index >= 15 is 0 Å². The SMILES string of the molecule is CNC(c1ccc2nccnc2c1)c1ccncc1F. The summed E-state index contributed by atoms with van der Waals surface area (Å²) in [5.74, 6) is -0.328. The van der Waals surface area contributed by atoms with Crippen molar-refractivity contribution in [2.45, 2.75) is 6.04 Å². The van der Waals surface area contributed by atoms with Gasteiger partial charge < -0.3 is 5.32 Å². The van der Waals surface area contributed by atoms with Gasteiger partial charge in [-0.3, -0.25) is 15.0 Å². The third-order valence-electron chi connectivity index (χ3n) is 3.23. The molecule has 0 aliphatic heterocycles. The number of fused-ring (bicyclic) bond motifs is 1. The highest BCUT2D eigenvalue weighted by Crippen LogP contribution is 2.25. The first-order valence-corrected chi connectivity index (χ1v) is 6.27. The van der Waals surface area contributed by atoms with E-state index in [1.165, 1.54) is 6.20 Å². The van der Waals surface area contributed by atoms with Crippen LogP contribution in [0.15, 0.2) is 49.1 Å². The van der Waals surface area contributed by atoms with Gasteiger partial charge in [0.1, 0.15) is 5.82 Å². The fraction of sp³-hybridized carbons (Fsp3) is 0.133. The summed E-state index contributed by atoms with van der Waals surface area (Å²) < 4.78 is 13.9.